The van der Waals surface area contributed by atoms with E-state index in [9.17, 15) is 4.79 Å². The Morgan fingerprint density at radius 2 is 1.90 bits per heavy atom. The number of rotatable bonds is 2. The van der Waals surface area contributed by atoms with Crippen LogP contribution >= 0.6 is 0 Å². The minimum atomic E-state index is -0.910. The molecule has 4 nitrogen and oxygen atoms in total. The van der Waals surface area contributed by atoms with Crippen molar-refractivity contribution in [3.63, 3.8) is 0 Å². The summed E-state index contributed by atoms with van der Waals surface area (Å²) in [5.41, 5.74) is 4.17. The van der Waals surface area contributed by atoms with Crippen LogP contribution < -0.4 is 0 Å². The largest absolute Gasteiger partial charge is 0.478 e. The number of aromatic nitrogens is 2. The quantitative estimate of drug-likeness (QED) is 0.911. The van der Waals surface area contributed by atoms with Gasteiger partial charge in [0.25, 0.3) is 0 Å². The van der Waals surface area contributed by atoms with E-state index in [1.165, 1.54) is 0 Å². The molecule has 1 N–H and O–H groups in total. The standard InChI is InChI=1S/C16H20N2O2/c1-10-6-7-11(15(19)20)8-12(10)13-9-18(5)17-14(13)16(2,3)4/h6-9H,1-5H3,(H,19,20). The van der Waals surface area contributed by atoms with Crippen molar-refractivity contribution in [1.29, 1.82) is 0 Å². The lowest BCUT2D eigenvalue weighted by Crippen LogP contribution is -2.14. The van der Waals surface area contributed by atoms with E-state index in [4.69, 9.17) is 5.11 Å². The minimum absolute atomic E-state index is 0.0950. The molecule has 4 heteroatoms. The molecule has 0 bridgehead atoms. The molecule has 20 heavy (non-hydrogen) atoms. The Labute approximate surface area is 119 Å². The van der Waals surface area contributed by atoms with Gasteiger partial charge in [-0.15, -0.1) is 0 Å². The Bertz CT molecular complexity index is 664. The van der Waals surface area contributed by atoms with Gasteiger partial charge in [-0.05, 0) is 30.2 Å². The summed E-state index contributed by atoms with van der Waals surface area (Å²) in [7, 11) is 1.88. The van der Waals surface area contributed by atoms with Gasteiger partial charge in [-0.3, -0.25) is 4.68 Å². The van der Waals surface area contributed by atoms with E-state index in [1.807, 2.05) is 26.2 Å². The molecule has 0 saturated heterocycles. The molecular weight excluding hydrogens is 252 g/mol. The smallest absolute Gasteiger partial charge is 0.335 e. The average molecular weight is 272 g/mol. The molecule has 0 spiro atoms. The minimum Gasteiger partial charge on any atom is -0.478 e. The van der Waals surface area contributed by atoms with E-state index in [2.05, 4.69) is 25.9 Å². The molecule has 1 heterocycles. The molecule has 0 unspecified atom stereocenters. The molecule has 0 atom stereocenters. The van der Waals surface area contributed by atoms with Crippen LogP contribution in [-0.2, 0) is 12.5 Å². The van der Waals surface area contributed by atoms with Crippen molar-refractivity contribution in [2.75, 3.05) is 0 Å². The van der Waals surface area contributed by atoms with Crippen molar-refractivity contribution in [1.82, 2.24) is 9.78 Å². The van der Waals surface area contributed by atoms with Crippen molar-refractivity contribution in [3.05, 3.63) is 41.2 Å². The number of hydrogen-bond acceptors (Lipinski definition) is 2. The van der Waals surface area contributed by atoms with Gasteiger partial charge in [0.2, 0.25) is 0 Å². The maximum atomic E-state index is 11.2. The first kappa shape index (κ1) is 14.3. The molecule has 0 fully saturated rings. The van der Waals surface area contributed by atoms with Crippen LogP contribution in [0.5, 0.6) is 0 Å². The van der Waals surface area contributed by atoms with E-state index >= 15 is 0 Å². The van der Waals surface area contributed by atoms with Crippen LogP contribution in [0.3, 0.4) is 0 Å². The number of nitrogens with zero attached hydrogens (tertiary/aromatic N) is 2. The molecular formula is C16H20N2O2. The van der Waals surface area contributed by atoms with Gasteiger partial charge >= 0.3 is 5.97 Å². The number of carbonyl (C=O) groups is 1. The SMILES string of the molecule is Cc1ccc(C(=O)O)cc1-c1cn(C)nc1C(C)(C)C. The van der Waals surface area contributed by atoms with Crippen LogP contribution in [-0.4, -0.2) is 20.9 Å². The third kappa shape index (κ3) is 2.59. The summed E-state index contributed by atoms with van der Waals surface area (Å²) < 4.78 is 1.78. The second-order valence-electron chi connectivity index (χ2n) is 6.15. The molecule has 0 radical (unpaired) electrons. The number of carboxylic acid groups (broad SMARTS) is 1. The first-order chi connectivity index (χ1) is 9.20. The lowest BCUT2D eigenvalue weighted by atomic mass is 9.86. The summed E-state index contributed by atoms with van der Waals surface area (Å²) in [5, 5.41) is 13.7. The molecule has 1 aromatic carbocycles. The molecule has 106 valence electrons. The zero-order chi connectivity index (χ0) is 15.1. The monoisotopic (exact) mass is 272 g/mol. The lowest BCUT2D eigenvalue weighted by molar-refractivity contribution is 0.0697. The Balaban J connectivity index is 2.68. The molecule has 0 amide bonds. The van der Waals surface area contributed by atoms with Crippen LogP contribution in [0.15, 0.2) is 24.4 Å². The molecule has 0 saturated carbocycles. The Hall–Kier alpha value is -2.10. The van der Waals surface area contributed by atoms with Gasteiger partial charge in [0.05, 0.1) is 11.3 Å². The fraction of sp³-hybridized carbons (Fsp3) is 0.375. The van der Waals surface area contributed by atoms with Gasteiger partial charge in [0.15, 0.2) is 0 Å². The van der Waals surface area contributed by atoms with Gasteiger partial charge < -0.3 is 5.11 Å². The highest BCUT2D eigenvalue weighted by Crippen LogP contribution is 2.33. The second kappa shape index (κ2) is 4.78. The zero-order valence-corrected chi connectivity index (χ0v) is 12.6. The average Bonchev–Trinajstić information content (AvgIpc) is 2.71. The van der Waals surface area contributed by atoms with Gasteiger partial charge in [0.1, 0.15) is 0 Å². The van der Waals surface area contributed by atoms with Crippen LogP contribution in [0.4, 0.5) is 0 Å². The molecule has 1 aromatic heterocycles. The van der Waals surface area contributed by atoms with E-state index in [-0.39, 0.29) is 5.41 Å². The number of aromatic carboxylic acids is 1. The summed E-state index contributed by atoms with van der Waals surface area (Å²) in [4.78, 5) is 11.2. The summed E-state index contributed by atoms with van der Waals surface area (Å²) in [6, 6.07) is 5.20. The predicted molar refractivity (Wildman–Crippen MR) is 79.0 cm³/mol. The molecule has 0 aliphatic heterocycles. The maximum Gasteiger partial charge on any atom is 0.335 e. The number of carboxylic acids is 1. The zero-order valence-electron chi connectivity index (χ0n) is 12.6. The molecule has 0 aliphatic rings. The normalized spacial score (nSPS) is 11.7. The summed E-state index contributed by atoms with van der Waals surface area (Å²) in [6.07, 6.45) is 1.95. The lowest BCUT2D eigenvalue weighted by Gasteiger charge is -2.18. The van der Waals surface area contributed by atoms with Crippen LogP contribution in [0.25, 0.3) is 11.1 Å². The first-order valence-corrected chi connectivity index (χ1v) is 6.58. The van der Waals surface area contributed by atoms with Gasteiger partial charge in [-0.1, -0.05) is 26.8 Å². The van der Waals surface area contributed by atoms with E-state index in [1.54, 1.807) is 16.8 Å². The highest BCUT2D eigenvalue weighted by Gasteiger charge is 2.23. The number of aryl methyl sites for hydroxylation is 2. The molecule has 0 aliphatic carbocycles. The third-order valence-corrected chi connectivity index (χ3v) is 3.31. The number of benzene rings is 1. The highest BCUT2D eigenvalue weighted by atomic mass is 16.4. The third-order valence-electron chi connectivity index (χ3n) is 3.31. The van der Waals surface area contributed by atoms with E-state index in [0.29, 0.717) is 5.56 Å². The van der Waals surface area contributed by atoms with Crippen molar-refractivity contribution in [2.45, 2.75) is 33.1 Å². The predicted octanol–water partition coefficient (Wildman–Crippen LogP) is 3.39. The van der Waals surface area contributed by atoms with Gasteiger partial charge in [0, 0.05) is 24.2 Å². The first-order valence-electron chi connectivity index (χ1n) is 6.58. The van der Waals surface area contributed by atoms with Gasteiger partial charge in [-0.25, -0.2) is 4.79 Å². The summed E-state index contributed by atoms with van der Waals surface area (Å²) in [6.45, 7) is 8.31. The Morgan fingerprint density at radius 1 is 1.25 bits per heavy atom. The maximum absolute atomic E-state index is 11.2. The Morgan fingerprint density at radius 3 is 2.45 bits per heavy atom. The summed E-state index contributed by atoms with van der Waals surface area (Å²) in [5.74, 6) is -0.910. The highest BCUT2D eigenvalue weighted by molar-refractivity contribution is 5.90. The van der Waals surface area contributed by atoms with E-state index < -0.39 is 5.97 Å². The van der Waals surface area contributed by atoms with Crippen molar-refractivity contribution in [2.24, 2.45) is 7.05 Å². The van der Waals surface area contributed by atoms with Crippen molar-refractivity contribution >= 4 is 5.97 Å². The van der Waals surface area contributed by atoms with Crippen LogP contribution in [0.1, 0.15) is 42.4 Å². The topological polar surface area (TPSA) is 55.1 Å². The number of hydrogen-bond donors (Lipinski definition) is 1. The fourth-order valence-corrected chi connectivity index (χ4v) is 2.28. The van der Waals surface area contributed by atoms with Crippen molar-refractivity contribution in [3.8, 4) is 11.1 Å². The van der Waals surface area contributed by atoms with Crippen LogP contribution in [0, 0.1) is 6.92 Å². The molecule has 2 rings (SSSR count). The van der Waals surface area contributed by atoms with Crippen molar-refractivity contribution < 1.29 is 9.90 Å². The van der Waals surface area contributed by atoms with Crippen LogP contribution in [0.2, 0.25) is 0 Å². The van der Waals surface area contributed by atoms with E-state index in [0.717, 1.165) is 22.4 Å². The second-order valence-corrected chi connectivity index (χ2v) is 6.15. The fourth-order valence-electron chi connectivity index (χ4n) is 2.28. The summed E-state index contributed by atoms with van der Waals surface area (Å²) >= 11 is 0. The Kier molecular flexibility index (Phi) is 3.42. The molecule has 2 aromatic rings. The van der Waals surface area contributed by atoms with Gasteiger partial charge in [-0.2, -0.15) is 5.10 Å².